The minimum Gasteiger partial charge on any atom is -0.464 e. The van der Waals surface area contributed by atoms with E-state index in [9.17, 15) is 13.0 Å². The molecule has 3 rings (SSSR count). The molecular weight excluding hydrogens is 431 g/mol. The Morgan fingerprint density at radius 1 is 1.00 bits per heavy atom. The third-order valence-corrected chi connectivity index (χ3v) is 7.98. The van der Waals surface area contributed by atoms with Gasteiger partial charge in [-0.2, -0.15) is 8.42 Å². The van der Waals surface area contributed by atoms with Gasteiger partial charge in [-0.15, -0.1) is 0 Å². The van der Waals surface area contributed by atoms with Crippen LogP contribution in [0, 0.1) is 0 Å². The van der Waals surface area contributed by atoms with Gasteiger partial charge in [0.15, 0.2) is 4.99 Å². The molecule has 1 atom stereocenters. The van der Waals surface area contributed by atoms with E-state index in [0.717, 1.165) is 16.9 Å². The summed E-state index contributed by atoms with van der Waals surface area (Å²) in [5.74, 6) is 1.94. The second kappa shape index (κ2) is 9.16. The summed E-state index contributed by atoms with van der Waals surface area (Å²) in [6.07, 6.45) is 1.77. The fourth-order valence-corrected chi connectivity index (χ4v) is 5.37. The Labute approximate surface area is 174 Å². The van der Waals surface area contributed by atoms with E-state index in [1.165, 1.54) is 0 Å². The van der Waals surface area contributed by atoms with Crippen molar-refractivity contribution >= 4 is 17.7 Å². The fourth-order valence-electron chi connectivity index (χ4n) is 3.00. The summed E-state index contributed by atoms with van der Waals surface area (Å²) >= 11 is 0. The molecule has 0 spiro atoms. The molecule has 8 nitrogen and oxygen atoms in total. The van der Waals surface area contributed by atoms with Crippen molar-refractivity contribution in [1.82, 2.24) is 0 Å². The molecule has 0 fully saturated rings. The predicted octanol–water partition coefficient (Wildman–Crippen LogP) is 4.45. The largest absolute Gasteiger partial charge is 0.464 e. The average molecular weight is 452 g/mol. The lowest BCUT2D eigenvalue weighted by Gasteiger charge is -2.15. The predicted molar refractivity (Wildman–Crippen MR) is 111 cm³/mol. The minimum absolute atomic E-state index is 0.164. The highest BCUT2D eigenvalue weighted by Gasteiger charge is 2.38. The highest BCUT2D eigenvalue weighted by atomic mass is 32.2. The molecule has 0 aliphatic carbocycles. The second-order valence-corrected chi connectivity index (χ2v) is 10.5. The fraction of sp³-hybridized carbons (Fsp3) is 0.200. The van der Waals surface area contributed by atoms with Gasteiger partial charge in [-0.3, -0.25) is 9.12 Å². The van der Waals surface area contributed by atoms with Crippen LogP contribution in [0.4, 0.5) is 0 Å². The van der Waals surface area contributed by atoms with Crippen LogP contribution in [0.5, 0.6) is 11.5 Å². The van der Waals surface area contributed by atoms with Crippen LogP contribution >= 0.6 is 7.60 Å². The molecule has 0 amide bonds. The third kappa shape index (κ3) is 6.04. The number of ether oxygens (including phenoxy) is 1. The first-order valence-corrected chi connectivity index (χ1v) is 12.2. The van der Waals surface area contributed by atoms with E-state index >= 15 is 0 Å². The quantitative estimate of drug-likeness (QED) is 0.320. The smallest absolute Gasteiger partial charge is 0.346 e. The van der Waals surface area contributed by atoms with Crippen molar-refractivity contribution in [3.63, 3.8) is 0 Å². The first-order chi connectivity index (χ1) is 14.1. The lowest BCUT2D eigenvalue weighted by molar-refractivity contribution is 0.360. The maximum Gasteiger partial charge on any atom is 0.346 e. The van der Waals surface area contributed by atoms with Crippen molar-refractivity contribution in [3.05, 3.63) is 72.5 Å². The van der Waals surface area contributed by atoms with Crippen LogP contribution in [0.15, 0.2) is 71.3 Å². The number of rotatable bonds is 9. The zero-order valence-electron chi connectivity index (χ0n) is 15.8. The maximum absolute atomic E-state index is 11.3. The van der Waals surface area contributed by atoms with Crippen molar-refractivity contribution in [2.75, 3.05) is 0 Å². The molecule has 1 aromatic heterocycles. The summed E-state index contributed by atoms with van der Waals surface area (Å²) in [5, 5.41) is 0. The third-order valence-electron chi connectivity index (χ3n) is 4.43. The Hall–Kier alpha value is -2.42. The Bertz CT molecular complexity index is 1120. The molecular formula is C20H21O8PS. The molecule has 1 heterocycles. The molecule has 2 aromatic carbocycles. The van der Waals surface area contributed by atoms with Crippen LogP contribution in [-0.4, -0.2) is 27.7 Å². The standard InChI is InChI=1S/C20H21O8PS/c21-29(22,23)20(30(24,25)26)8-2-5-15-4-1-6-18(14-15)28-17-11-9-16(10-12-17)19-7-3-13-27-19/h1,3-4,6-7,9-14,20H,2,5,8H2,(H2,21,22,23)(H,24,25,26). The normalized spacial score (nSPS) is 13.2. The highest BCUT2D eigenvalue weighted by Crippen LogP contribution is 2.46. The van der Waals surface area contributed by atoms with Gasteiger partial charge in [-0.25, -0.2) is 0 Å². The van der Waals surface area contributed by atoms with Crippen LogP contribution < -0.4 is 4.74 Å². The molecule has 3 aromatic rings. The van der Waals surface area contributed by atoms with Crippen LogP contribution in [0.3, 0.4) is 0 Å². The molecule has 0 aliphatic rings. The van der Waals surface area contributed by atoms with Crippen molar-refractivity contribution in [1.29, 1.82) is 0 Å². The summed E-state index contributed by atoms with van der Waals surface area (Å²) in [6.45, 7) is 0. The summed E-state index contributed by atoms with van der Waals surface area (Å²) in [6, 6.07) is 18.1. The lowest BCUT2D eigenvalue weighted by Crippen LogP contribution is -2.20. The molecule has 0 radical (unpaired) electrons. The molecule has 10 heteroatoms. The SMILES string of the molecule is O=P(O)(O)C(CCCc1cccc(Oc2ccc(-c3ccco3)cc2)c1)S(=O)(=O)O. The minimum atomic E-state index is -4.97. The number of aryl methyl sites for hydroxylation is 1. The summed E-state index contributed by atoms with van der Waals surface area (Å²) in [5.41, 5.74) is 1.72. The first kappa shape index (κ1) is 22.3. The molecule has 160 valence electrons. The monoisotopic (exact) mass is 452 g/mol. The Balaban J connectivity index is 1.61. The number of benzene rings is 2. The molecule has 0 saturated heterocycles. The van der Waals surface area contributed by atoms with Crippen molar-refractivity contribution in [2.45, 2.75) is 24.3 Å². The van der Waals surface area contributed by atoms with Crippen LogP contribution in [0.25, 0.3) is 11.3 Å². The topological polar surface area (TPSA) is 134 Å². The van der Waals surface area contributed by atoms with Crippen molar-refractivity contribution in [2.24, 2.45) is 0 Å². The van der Waals surface area contributed by atoms with Gasteiger partial charge < -0.3 is 18.9 Å². The van der Waals surface area contributed by atoms with E-state index in [4.69, 9.17) is 23.5 Å². The van der Waals surface area contributed by atoms with Gasteiger partial charge in [0.2, 0.25) is 0 Å². The van der Waals surface area contributed by atoms with Gasteiger partial charge >= 0.3 is 7.60 Å². The van der Waals surface area contributed by atoms with E-state index in [1.807, 2.05) is 24.3 Å². The Morgan fingerprint density at radius 2 is 1.73 bits per heavy atom. The maximum atomic E-state index is 11.3. The van der Waals surface area contributed by atoms with Gasteiger partial charge in [0.05, 0.1) is 6.26 Å². The number of furan rings is 1. The van der Waals surface area contributed by atoms with E-state index in [-0.39, 0.29) is 12.8 Å². The van der Waals surface area contributed by atoms with E-state index in [0.29, 0.717) is 17.9 Å². The van der Waals surface area contributed by atoms with E-state index in [1.54, 1.807) is 42.7 Å². The molecule has 0 aliphatic heterocycles. The first-order valence-electron chi connectivity index (χ1n) is 9.05. The average Bonchev–Trinajstić information content (AvgIpc) is 3.19. The van der Waals surface area contributed by atoms with Gasteiger partial charge in [0.1, 0.15) is 17.3 Å². The summed E-state index contributed by atoms with van der Waals surface area (Å²) in [7, 11) is -9.81. The van der Waals surface area contributed by atoms with Gasteiger partial charge in [0.25, 0.3) is 10.1 Å². The highest BCUT2D eigenvalue weighted by molar-refractivity contribution is 7.93. The summed E-state index contributed by atoms with van der Waals surface area (Å²) in [4.78, 5) is 16.2. The van der Waals surface area contributed by atoms with Crippen LogP contribution in [0.2, 0.25) is 0 Å². The molecule has 3 N–H and O–H groups in total. The van der Waals surface area contributed by atoms with Gasteiger partial charge in [-0.1, -0.05) is 12.1 Å². The molecule has 0 bridgehead atoms. The Kier molecular flexibility index (Phi) is 6.80. The van der Waals surface area contributed by atoms with Crippen molar-refractivity contribution in [3.8, 4) is 22.8 Å². The second-order valence-electron chi connectivity index (χ2n) is 6.70. The van der Waals surface area contributed by atoms with Gasteiger partial charge in [-0.05, 0) is 73.4 Å². The molecule has 30 heavy (non-hydrogen) atoms. The van der Waals surface area contributed by atoms with Crippen LogP contribution in [-0.2, 0) is 21.1 Å². The van der Waals surface area contributed by atoms with E-state index < -0.39 is 22.7 Å². The lowest BCUT2D eigenvalue weighted by atomic mass is 10.1. The van der Waals surface area contributed by atoms with Crippen LogP contribution in [0.1, 0.15) is 18.4 Å². The number of hydrogen-bond donors (Lipinski definition) is 3. The van der Waals surface area contributed by atoms with Gasteiger partial charge in [0, 0.05) is 5.56 Å². The van der Waals surface area contributed by atoms with Crippen molar-refractivity contribution < 1.29 is 36.5 Å². The Morgan fingerprint density at radius 3 is 2.33 bits per heavy atom. The number of hydrogen-bond acceptors (Lipinski definition) is 5. The zero-order chi connectivity index (χ0) is 21.8. The molecule has 0 saturated carbocycles. The zero-order valence-corrected chi connectivity index (χ0v) is 17.5. The van der Waals surface area contributed by atoms with E-state index in [2.05, 4.69) is 0 Å². The summed E-state index contributed by atoms with van der Waals surface area (Å²) < 4.78 is 54.0. The molecule has 1 unspecified atom stereocenters.